The lowest BCUT2D eigenvalue weighted by atomic mass is 10.2. The van der Waals surface area contributed by atoms with Gasteiger partial charge >= 0.3 is 5.69 Å². The van der Waals surface area contributed by atoms with E-state index in [-0.39, 0.29) is 17.1 Å². The van der Waals surface area contributed by atoms with Gasteiger partial charge in [-0.25, -0.2) is 23.1 Å². The van der Waals surface area contributed by atoms with Crippen molar-refractivity contribution < 1.29 is 8.78 Å². The monoisotopic (exact) mass is 400 g/mol. The van der Waals surface area contributed by atoms with Crippen LogP contribution < -0.4 is 11.2 Å². The lowest BCUT2D eigenvalue weighted by Gasteiger charge is -2.15. The Morgan fingerprint density at radius 3 is 2.57 bits per heavy atom. The molecular formula is C19H11ClF2N4O2. The predicted molar refractivity (Wildman–Crippen MR) is 99.0 cm³/mol. The van der Waals surface area contributed by atoms with Crippen LogP contribution in [-0.4, -0.2) is 19.1 Å². The average Bonchev–Trinajstić information content (AvgIpc) is 2.67. The van der Waals surface area contributed by atoms with Crippen LogP contribution in [-0.2, 0) is 6.54 Å². The minimum absolute atomic E-state index is 0.0967. The van der Waals surface area contributed by atoms with E-state index >= 15 is 0 Å². The van der Waals surface area contributed by atoms with E-state index in [1.807, 2.05) is 0 Å². The van der Waals surface area contributed by atoms with Crippen LogP contribution in [0.2, 0.25) is 5.15 Å². The summed E-state index contributed by atoms with van der Waals surface area (Å²) in [5.41, 5.74) is -0.711. The highest BCUT2D eigenvalue weighted by atomic mass is 35.5. The first-order valence-corrected chi connectivity index (χ1v) is 8.50. The van der Waals surface area contributed by atoms with E-state index in [0.717, 1.165) is 23.8 Å². The van der Waals surface area contributed by atoms with E-state index in [2.05, 4.69) is 9.97 Å². The summed E-state index contributed by atoms with van der Waals surface area (Å²) in [5, 5.41) is 0.348. The van der Waals surface area contributed by atoms with E-state index in [4.69, 9.17) is 11.6 Å². The molecule has 0 unspecified atom stereocenters. The molecule has 2 aromatic rings. The molecule has 0 aliphatic carbocycles. The number of rotatable bonds is 3. The first-order chi connectivity index (χ1) is 13.4. The number of hydrogen-bond acceptors (Lipinski definition) is 4. The second-order valence-corrected chi connectivity index (χ2v) is 6.38. The fraction of sp³-hybridized carbons (Fsp3) is 0.0526. The minimum Gasteiger partial charge on any atom is -0.328 e. The summed E-state index contributed by atoms with van der Waals surface area (Å²) < 4.78 is 29.1. The summed E-state index contributed by atoms with van der Waals surface area (Å²) in [4.78, 5) is 33.3. The summed E-state index contributed by atoms with van der Waals surface area (Å²) in [7, 11) is 0. The van der Waals surface area contributed by atoms with Crippen molar-refractivity contribution in [2.45, 2.75) is 6.54 Å². The average molecular weight is 401 g/mol. The molecule has 6 nitrogen and oxygen atoms in total. The number of nitrogens with zero attached hydrogens (tertiary/aromatic N) is 4. The van der Waals surface area contributed by atoms with E-state index in [9.17, 15) is 18.4 Å². The van der Waals surface area contributed by atoms with Gasteiger partial charge in [0.15, 0.2) is 17.5 Å². The Labute approximate surface area is 161 Å². The van der Waals surface area contributed by atoms with Crippen LogP contribution in [0.1, 0.15) is 5.56 Å². The summed E-state index contributed by atoms with van der Waals surface area (Å²) in [5.74, 6) is -2.07. The summed E-state index contributed by atoms with van der Waals surface area (Å²) >= 11 is 5.78. The molecule has 0 atom stereocenters. The number of fused-ring (bicyclic) bond motifs is 1. The fourth-order valence-corrected chi connectivity index (χ4v) is 2.97. The summed E-state index contributed by atoms with van der Waals surface area (Å²) in [6.45, 7) is 0.308. The van der Waals surface area contributed by atoms with Gasteiger partial charge in [-0.3, -0.25) is 4.79 Å². The second kappa shape index (κ2) is 6.97. The first kappa shape index (κ1) is 18.0. The van der Waals surface area contributed by atoms with Crippen molar-refractivity contribution in [1.29, 1.82) is 0 Å². The molecule has 4 rings (SSSR count). The maximum atomic E-state index is 13.5. The highest BCUT2D eigenvalue weighted by Crippen LogP contribution is 2.17. The molecule has 1 aromatic heterocycles. The van der Waals surface area contributed by atoms with Gasteiger partial charge in [0.2, 0.25) is 0 Å². The van der Waals surface area contributed by atoms with E-state index in [1.165, 1.54) is 6.07 Å². The number of hydrogen-bond donors (Lipinski definition) is 0. The molecule has 2 aliphatic rings. The zero-order valence-corrected chi connectivity index (χ0v) is 14.9. The van der Waals surface area contributed by atoms with Crippen molar-refractivity contribution in [3.8, 4) is 17.1 Å². The van der Waals surface area contributed by atoms with Gasteiger partial charge in [0.05, 0.1) is 17.8 Å². The molecule has 0 amide bonds. The van der Waals surface area contributed by atoms with Gasteiger partial charge in [0.25, 0.3) is 5.56 Å². The number of pyridine rings is 2. The van der Waals surface area contributed by atoms with Gasteiger partial charge in [-0.15, -0.1) is 0 Å². The maximum absolute atomic E-state index is 13.5. The largest absolute Gasteiger partial charge is 0.357 e. The molecule has 0 spiro atoms. The Morgan fingerprint density at radius 1 is 1.04 bits per heavy atom. The molecule has 2 aliphatic heterocycles. The third-order valence-electron chi connectivity index (χ3n) is 4.17. The van der Waals surface area contributed by atoms with E-state index in [1.54, 1.807) is 35.2 Å². The van der Waals surface area contributed by atoms with Crippen molar-refractivity contribution >= 4 is 11.6 Å². The molecule has 9 heteroatoms. The van der Waals surface area contributed by atoms with Crippen LogP contribution in [0.5, 0.6) is 0 Å². The standard InChI is InChI=1S/C19H11ClF2N4O2/c20-16-6-3-11(9-23-16)10-25-7-1-2-13-17(25)24-19(28)26(18(13)27)12-4-5-14(21)15(22)8-12/h1-9H,10H2. The van der Waals surface area contributed by atoms with Gasteiger partial charge in [-0.2, -0.15) is 4.98 Å². The number of benzene rings is 1. The van der Waals surface area contributed by atoms with Crippen LogP contribution in [0.4, 0.5) is 8.78 Å². The van der Waals surface area contributed by atoms with Gasteiger partial charge in [-0.1, -0.05) is 17.7 Å². The SMILES string of the molecule is O=c1nc2n(Cc3ccc(Cl)nc3)cccc-2c(=O)n1-c1ccc(F)c(F)c1. The highest BCUT2D eigenvalue weighted by molar-refractivity contribution is 6.29. The van der Waals surface area contributed by atoms with Crippen LogP contribution in [0.3, 0.4) is 0 Å². The fourth-order valence-electron chi connectivity index (χ4n) is 2.86. The molecule has 0 radical (unpaired) electrons. The zero-order chi connectivity index (χ0) is 19.8. The third kappa shape index (κ3) is 3.18. The molecule has 0 fully saturated rings. The molecular weight excluding hydrogens is 390 g/mol. The molecule has 140 valence electrons. The van der Waals surface area contributed by atoms with Gasteiger partial charge < -0.3 is 4.57 Å². The van der Waals surface area contributed by atoms with Crippen LogP contribution >= 0.6 is 11.6 Å². The molecule has 0 saturated carbocycles. The van der Waals surface area contributed by atoms with Crippen molar-refractivity contribution in [1.82, 2.24) is 19.1 Å². The normalized spacial score (nSPS) is 11.1. The van der Waals surface area contributed by atoms with Gasteiger partial charge in [0, 0.05) is 18.5 Å². The smallest absolute Gasteiger partial charge is 0.328 e. The quantitative estimate of drug-likeness (QED) is 0.496. The Morgan fingerprint density at radius 2 is 1.86 bits per heavy atom. The Bertz CT molecular complexity index is 1270. The number of aromatic nitrogens is 4. The van der Waals surface area contributed by atoms with Crippen LogP contribution in [0, 0.1) is 11.6 Å². The Kier molecular flexibility index (Phi) is 4.48. The Hall–Kier alpha value is -3.39. The molecule has 1 aromatic carbocycles. The molecule has 28 heavy (non-hydrogen) atoms. The zero-order valence-electron chi connectivity index (χ0n) is 14.1. The summed E-state index contributed by atoms with van der Waals surface area (Å²) in [6.07, 6.45) is 3.25. The molecule has 0 N–H and O–H groups in total. The third-order valence-corrected chi connectivity index (χ3v) is 4.39. The minimum atomic E-state index is -1.16. The first-order valence-electron chi connectivity index (χ1n) is 8.12. The topological polar surface area (TPSA) is 69.8 Å². The molecule has 0 saturated heterocycles. The molecule has 3 heterocycles. The molecule has 0 bridgehead atoms. The van der Waals surface area contributed by atoms with Crippen molar-refractivity contribution in [3.05, 3.63) is 98.0 Å². The van der Waals surface area contributed by atoms with Gasteiger partial charge in [0.1, 0.15) is 5.15 Å². The second-order valence-electron chi connectivity index (χ2n) is 6.00. The number of halogens is 3. The summed E-state index contributed by atoms with van der Waals surface area (Å²) in [6, 6.07) is 9.31. The lowest BCUT2D eigenvalue weighted by Crippen LogP contribution is -2.36. The van der Waals surface area contributed by atoms with Crippen LogP contribution in [0.25, 0.3) is 17.1 Å². The van der Waals surface area contributed by atoms with Crippen molar-refractivity contribution in [2.24, 2.45) is 0 Å². The van der Waals surface area contributed by atoms with E-state index in [0.29, 0.717) is 16.3 Å². The van der Waals surface area contributed by atoms with E-state index < -0.39 is 22.9 Å². The van der Waals surface area contributed by atoms with Gasteiger partial charge in [-0.05, 0) is 35.9 Å². The van der Waals surface area contributed by atoms with Crippen LogP contribution in [0.15, 0.2) is 64.4 Å². The predicted octanol–water partition coefficient (Wildman–Crippen LogP) is 2.87. The van der Waals surface area contributed by atoms with Crippen molar-refractivity contribution in [2.75, 3.05) is 0 Å². The highest BCUT2D eigenvalue weighted by Gasteiger charge is 2.19. The maximum Gasteiger partial charge on any atom is 0.357 e. The Balaban J connectivity index is 1.87. The lowest BCUT2D eigenvalue weighted by molar-refractivity contribution is 0.507. The van der Waals surface area contributed by atoms with Crippen molar-refractivity contribution in [3.63, 3.8) is 0 Å².